The molecule has 0 amide bonds. The number of hydrogen-bond acceptors (Lipinski definition) is 4. The van der Waals surface area contributed by atoms with Crippen LogP contribution in [0, 0.1) is 0 Å². The smallest absolute Gasteiger partial charge is 0.194 e. The molecule has 21 heavy (non-hydrogen) atoms. The summed E-state index contributed by atoms with van der Waals surface area (Å²) in [7, 11) is 3.38. The van der Waals surface area contributed by atoms with Crippen LogP contribution < -0.4 is 4.74 Å². The SMILES string of the molecule is COC[C@@H]1COC([C@]2(C)CC=Cc3ccc(OC)cc32)=N1. The van der Waals surface area contributed by atoms with Crippen LogP contribution >= 0.6 is 0 Å². The second-order valence-corrected chi connectivity index (χ2v) is 5.75. The molecule has 1 aromatic carbocycles. The summed E-state index contributed by atoms with van der Waals surface area (Å²) >= 11 is 0. The van der Waals surface area contributed by atoms with E-state index in [1.807, 2.05) is 6.07 Å². The van der Waals surface area contributed by atoms with Gasteiger partial charge in [-0.3, -0.25) is 0 Å². The lowest BCUT2D eigenvalue weighted by Gasteiger charge is -2.32. The third-order valence-corrected chi connectivity index (χ3v) is 4.22. The highest BCUT2D eigenvalue weighted by Gasteiger charge is 2.40. The average molecular weight is 287 g/mol. The van der Waals surface area contributed by atoms with E-state index >= 15 is 0 Å². The highest BCUT2D eigenvalue weighted by Crippen LogP contribution is 2.40. The Bertz CT molecular complexity index is 594. The molecule has 0 spiro atoms. The lowest BCUT2D eigenvalue weighted by atomic mass is 9.74. The summed E-state index contributed by atoms with van der Waals surface area (Å²) in [6.45, 7) is 3.38. The molecule has 4 heteroatoms. The van der Waals surface area contributed by atoms with E-state index in [1.165, 1.54) is 11.1 Å². The first-order chi connectivity index (χ1) is 10.2. The van der Waals surface area contributed by atoms with Crippen LogP contribution in [0.5, 0.6) is 5.75 Å². The number of aliphatic imine (C=N–C) groups is 1. The van der Waals surface area contributed by atoms with Gasteiger partial charge in [-0.05, 0) is 36.6 Å². The maximum atomic E-state index is 5.89. The molecule has 0 unspecified atom stereocenters. The van der Waals surface area contributed by atoms with Crippen molar-refractivity contribution >= 4 is 12.0 Å². The van der Waals surface area contributed by atoms with E-state index in [4.69, 9.17) is 19.2 Å². The largest absolute Gasteiger partial charge is 0.497 e. The highest BCUT2D eigenvalue weighted by atomic mass is 16.5. The minimum absolute atomic E-state index is 0.0989. The molecular formula is C17H21NO3. The van der Waals surface area contributed by atoms with Crippen LogP contribution in [0.1, 0.15) is 24.5 Å². The lowest BCUT2D eigenvalue weighted by Crippen LogP contribution is -2.34. The second-order valence-electron chi connectivity index (χ2n) is 5.75. The van der Waals surface area contributed by atoms with Gasteiger partial charge in [0.2, 0.25) is 0 Å². The summed E-state index contributed by atoms with van der Waals surface area (Å²) in [4.78, 5) is 4.72. The van der Waals surface area contributed by atoms with Crippen LogP contribution in [-0.4, -0.2) is 39.4 Å². The van der Waals surface area contributed by atoms with Crippen LogP contribution in [0.2, 0.25) is 0 Å². The minimum Gasteiger partial charge on any atom is -0.497 e. The van der Waals surface area contributed by atoms with Crippen molar-refractivity contribution in [2.45, 2.75) is 24.8 Å². The van der Waals surface area contributed by atoms with E-state index in [-0.39, 0.29) is 11.5 Å². The van der Waals surface area contributed by atoms with E-state index in [1.54, 1.807) is 14.2 Å². The molecule has 3 rings (SSSR count). The normalized spacial score (nSPS) is 27.0. The summed E-state index contributed by atoms with van der Waals surface area (Å²) in [6, 6.07) is 6.26. The van der Waals surface area contributed by atoms with E-state index in [9.17, 15) is 0 Å². The van der Waals surface area contributed by atoms with Gasteiger partial charge in [0, 0.05) is 7.11 Å². The first kappa shape index (κ1) is 14.1. The Morgan fingerprint density at radius 3 is 3.00 bits per heavy atom. The number of nitrogens with zero attached hydrogens (tertiary/aromatic N) is 1. The Hall–Kier alpha value is -1.81. The number of rotatable bonds is 4. The summed E-state index contributed by atoms with van der Waals surface area (Å²) in [5, 5.41) is 0. The van der Waals surface area contributed by atoms with E-state index < -0.39 is 0 Å². The highest BCUT2D eigenvalue weighted by molar-refractivity contribution is 5.91. The number of hydrogen-bond donors (Lipinski definition) is 0. The van der Waals surface area contributed by atoms with Gasteiger partial charge in [0.1, 0.15) is 18.4 Å². The molecule has 1 aromatic rings. The molecule has 1 heterocycles. The fraction of sp³-hybridized carbons (Fsp3) is 0.471. The second kappa shape index (κ2) is 5.53. The molecule has 0 saturated carbocycles. The van der Waals surface area contributed by atoms with E-state index in [0.717, 1.165) is 18.1 Å². The molecule has 0 saturated heterocycles. The van der Waals surface area contributed by atoms with Gasteiger partial charge in [-0.25, -0.2) is 4.99 Å². The standard InChI is InChI=1S/C17H21NO3/c1-17(16-18-13(10-19-2)11-21-16)8-4-5-12-6-7-14(20-3)9-15(12)17/h4-7,9,13H,8,10-11H2,1-3H3/t13-,17-/m1/s1. The van der Waals surface area contributed by atoms with Crippen molar-refractivity contribution in [1.82, 2.24) is 0 Å². The van der Waals surface area contributed by atoms with Crippen LogP contribution in [0.4, 0.5) is 0 Å². The average Bonchev–Trinajstić information content (AvgIpc) is 2.97. The molecule has 112 valence electrons. The zero-order valence-corrected chi connectivity index (χ0v) is 12.8. The number of fused-ring (bicyclic) bond motifs is 1. The number of benzene rings is 1. The van der Waals surface area contributed by atoms with Crippen molar-refractivity contribution in [2.24, 2.45) is 4.99 Å². The van der Waals surface area contributed by atoms with Crippen molar-refractivity contribution < 1.29 is 14.2 Å². The van der Waals surface area contributed by atoms with Crippen molar-refractivity contribution in [2.75, 3.05) is 27.4 Å². The summed E-state index contributed by atoms with van der Waals surface area (Å²) in [5.41, 5.74) is 2.17. The summed E-state index contributed by atoms with van der Waals surface area (Å²) in [5.74, 6) is 1.67. The maximum absolute atomic E-state index is 5.89. The minimum atomic E-state index is -0.235. The third kappa shape index (κ3) is 2.44. The molecule has 0 radical (unpaired) electrons. The Labute approximate surface area is 125 Å². The summed E-state index contributed by atoms with van der Waals surface area (Å²) in [6.07, 6.45) is 5.22. The molecule has 0 fully saturated rings. The predicted molar refractivity (Wildman–Crippen MR) is 83.0 cm³/mol. The molecule has 2 aliphatic rings. The fourth-order valence-electron chi connectivity index (χ4n) is 3.01. The van der Waals surface area contributed by atoms with Crippen molar-refractivity contribution in [1.29, 1.82) is 0 Å². The Morgan fingerprint density at radius 1 is 1.38 bits per heavy atom. The Morgan fingerprint density at radius 2 is 2.24 bits per heavy atom. The number of allylic oxidation sites excluding steroid dienone is 1. The van der Waals surface area contributed by atoms with Crippen LogP contribution in [0.25, 0.3) is 6.08 Å². The number of ether oxygens (including phenoxy) is 3. The zero-order valence-electron chi connectivity index (χ0n) is 12.8. The Kier molecular flexibility index (Phi) is 3.72. The molecular weight excluding hydrogens is 266 g/mol. The van der Waals surface area contributed by atoms with Gasteiger partial charge in [0.25, 0.3) is 0 Å². The zero-order chi connectivity index (χ0) is 14.9. The fourth-order valence-corrected chi connectivity index (χ4v) is 3.01. The van der Waals surface area contributed by atoms with Crippen molar-refractivity contribution in [3.05, 3.63) is 35.4 Å². The number of methoxy groups -OCH3 is 2. The monoisotopic (exact) mass is 287 g/mol. The quantitative estimate of drug-likeness (QED) is 0.855. The first-order valence-electron chi connectivity index (χ1n) is 7.22. The van der Waals surface area contributed by atoms with Gasteiger partial charge in [-0.15, -0.1) is 0 Å². The van der Waals surface area contributed by atoms with Gasteiger partial charge in [0.05, 0.1) is 19.1 Å². The van der Waals surface area contributed by atoms with Crippen LogP contribution in [0.15, 0.2) is 29.3 Å². The molecule has 2 atom stereocenters. The van der Waals surface area contributed by atoms with Gasteiger partial charge < -0.3 is 14.2 Å². The van der Waals surface area contributed by atoms with Crippen molar-refractivity contribution in [3.8, 4) is 5.75 Å². The maximum Gasteiger partial charge on any atom is 0.194 e. The molecule has 0 bridgehead atoms. The first-order valence-corrected chi connectivity index (χ1v) is 7.22. The summed E-state index contributed by atoms with van der Waals surface area (Å²) < 4.78 is 16.4. The molecule has 1 aliphatic carbocycles. The van der Waals surface area contributed by atoms with E-state index in [0.29, 0.717) is 13.2 Å². The van der Waals surface area contributed by atoms with Gasteiger partial charge in [-0.1, -0.05) is 18.2 Å². The third-order valence-electron chi connectivity index (χ3n) is 4.22. The topological polar surface area (TPSA) is 40.0 Å². The van der Waals surface area contributed by atoms with Gasteiger partial charge >= 0.3 is 0 Å². The van der Waals surface area contributed by atoms with E-state index in [2.05, 4.69) is 31.2 Å². The molecule has 0 aromatic heterocycles. The van der Waals surface area contributed by atoms with Crippen LogP contribution in [0.3, 0.4) is 0 Å². The Balaban J connectivity index is 1.99. The van der Waals surface area contributed by atoms with Crippen molar-refractivity contribution in [3.63, 3.8) is 0 Å². The van der Waals surface area contributed by atoms with Gasteiger partial charge in [-0.2, -0.15) is 0 Å². The van der Waals surface area contributed by atoms with Crippen LogP contribution in [-0.2, 0) is 14.9 Å². The molecule has 0 N–H and O–H groups in total. The molecule has 1 aliphatic heterocycles. The molecule has 4 nitrogen and oxygen atoms in total. The van der Waals surface area contributed by atoms with Gasteiger partial charge in [0.15, 0.2) is 5.90 Å². The lowest BCUT2D eigenvalue weighted by molar-refractivity contribution is 0.163. The predicted octanol–water partition coefficient (Wildman–Crippen LogP) is 2.81.